The maximum atomic E-state index is 11.4. The van der Waals surface area contributed by atoms with E-state index in [2.05, 4.69) is 26.1 Å². The Labute approximate surface area is 79.8 Å². The summed E-state index contributed by atoms with van der Waals surface area (Å²) in [5.74, 6) is 0.0138. The lowest BCUT2D eigenvalue weighted by molar-refractivity contribution is -0.125. The highest BCUT2D eigenvalue weighted by molar-refractivity contribution is 5.83. The molecule has 76 valence electrons. The quantitative estimate of drug-likeness (QED) is 0.675. The van der Waals surface area contributed by atoms with E-state index in [0.29, 0.717) is 0 Å². The predicted octanol–water partition coefficient (Wildman–Crippen LogP) is 1.67. The number of rotatable bonds is 1. The summed E-state index contributed by atoms with van der Waals surface area (Å²) in [6.07, 6.45) is 0.484. The lowest BCUT2D eigenvalue weighted by Gasteiger charge is -2.22. The van der Waals surface area contributed by atoms with Crippen molar-refractivity contribution in [2.45, 2.75) is 52.9 Å². The first-order valence-electron chi connectivity index (χ1n) is 4.69. The van der Waals surface area contributed by atoms with Gasteiger partial charge in [0.1, 0.15) is 11.8 Å². The summed E-state index contributed by atoms with van der Waals surface area (Å²) in [5, 5.41) is 2.80. The zero-order valence-corrected chi connectivity index (χ0v) is 9.10. The molecule has 1 N–H and O–H groups in total. The molecule has 0 spiro atoms. The van der Waals surface area contributed by atoms with Crippen LogP contribution in [0.2, 0.25) is 0 Å². The molecular formula is C10H19NO2. The van der Waals surface area contributed by atoms with Crippen molar-refractivity contribution in [1.82, 2.24) is 5.32 Å². The van der Waals surface area contributed by atoms with Crippen molar-refractivity contribution < 1.29 is 9.53 Å². The summed E-state index contributed by atoms with van der Waals surface area (Å²) in [5.41, 5.74) is -0.366. The van der Waals surface area contributed by atoms with E-state index < -0.39 is 5.72 Å². The molecule has 1 amide bonds. The van der Waals surface area contributed by atoms with E-state index in [0.717, 1.165) is 6.42 Å². The van der Waals surface area contributed by atoms with Crippen LogP contribution in [-0.4, -0.2) is 17.7 Å². The van der Waals surface area contributed by atoms with E-state index in [1.165, 1.54) is 0 Å². The molecule has 1 saturated heterocycles. The molecule has 0 aromatic rings. The molecule has 1 unspecified atom stereocenters. The molecule has 3 nitrogen and oxygen atoms in total. The lowest BCUT2D eigenvalue weighted by Crippen LogP contribution is -2.35. The summed E-state index contributed by atoms with van der Waals surface area (Å²) >= 11 is 0. The first-order chi connectivity index (χ1) is 5.70. The molecule has 1 heterocycles. The van der Waals surface area contributed by atoms with Gasteiger partial charge in [-0.2, -0.15) is 0 Å². The van der Waals surface area contributed by atoms with Crippen LogP contribution in [0.25, 0.3) is 0 Å². The molecule has 13 heavy (non-hydrogen) atoms. The Morgan fingerprint density at radius 2 is 2.00 bits per heavy atom. The van der Waals surface area contributed by atoms with Crippen molar-refractivity contribution >= 4 is 5.91 Å². The average molecular weight is 185 g/mol. The van der Waals surface area contributed by atoms with E-state index in [1.54, 1.807) is 0 Å². The molecule has 1 aliphatic heterocycles. The minimum absolute atomic E-state index is 0.0138. The van der Waals surface area contributed by atoms with Crippen molar-refractivity contribution in [3.8, 4) is 0 Å². The molecule has 1 fully saturated rings. The fourth-order valence-corrected chi connectivity index (χ4v) is 1.51. The Morgan fingerprint density at radius 1 is 1.46 bits per heavy atom. The third kappa shape index (κ3) is 2.99. The van der Waals surface area contributed by atoms with E-state index >= 15 is 0 Å². The van der Waals surface area contributed by atoms with Crippen LogP contribution in [0.15, 0.2) is 0 Å². The van der Waals surface area contributed by atoms with Gasteiger partial charge in [-0.1, -0.05) is 20.8 Å². The molecular weight excluding hydrogens is 166 g/mol. The highest BCUT2D eigenvalue weighted by atomic mass is 16.5. The third-order valence-corrected chi connectivity index (χ3v) is 1.95. The molecule has 0 radical (unpaired) electrons. The monoisotopic (exact) mass is 185 g/mol. The normalized spacial score (nSPS) is 27.5. The first-order valence-corrected chi connectivity index (χ1v) is 4.69. The number of carbonyl (C=O) groups excluding carboxylic acids is 1. The highest BCUT2D eigenvalue weighted by Crippen LogP contribution is 2.28. The van der Waals surface area contributed by atoms with Crippen LogP contribution in [0.3, 0.4) is 0 Å². The highest BCUT2D eigenvalue weighted by Gasteiger charge is 2.39. The number of nitrogens with one attached hydrogen (secondary N) is 1. The molecule has 1 atom stereocenters. The van der Waals surface area contributed by atoms with Gasteiger partial charge in [0.15, 0.2) is 0 Å². The van der Waals surface area contributed by atoms with Crippen molar-refractivity contribution in [1.29, 1.82) is 0 Å². The summed E-state index contributed by atoms with van der Waals surface area (Å²) in [4.78, 5) is 11.4. The van der Waals surface area contributed by atoms with E-state index in [4.69, 9.17) is 4.74 Å². The van der Waals surface area contributed by atoms with Gasteiger partial charge >= 0.3 is 0 Å². The molecule has 0 bridgehead atoms. The van der Waals surface area contributed by atoms with Gasteiger partial charge < -0.3 is 10.1 Å². The Kier molecular flexibility index (Phi) is 2.41. The minimum Gasteiger partial charge on any atom is -0.343 e. The van der Waals surface area contributed by atoms with Crippen LogP contribution < -0.4 is 5.32 Å². The summed E-state index contributed by atoms with van der Waals surface area (Å²) in [7, 11) is 0. The van der Waals surface area contributed by atoms with Crippen LogP contribution >= 0.6 is 0 Å². The molecule has 0 saturated carbocycles. The maximum Gasteiger partial charge on any atom is 0.251 e. The molecule has 0 aromatic heterocycles. The second-order valence-electron chi connectivity index (χ2n) is 5.37. The van der Waals surface area contributed by atoms with Gasteiger partial charge in [0, 0.05) is 0 Å². The molecule has 3 heteroatoms. The van der Waals surface area contributed by atoms with Gasteiger partial charge in [0.05, 0.1) is 0 Å². The van der Waals surface area contributed by atoms with Crippen LogP contribution in [0.4, 0.5) is 0 Å². The number of carbonyl (C=O) groups is 1. The van der Waals surface area contributed by atoms with Crippen LogP contribution in [-0.2, 0) is 9.53 Å². The van der Waals surface area contributed by atoms with Gasteiger partial charge in [-0.25, -0.2) is 0 Å². The predicted molar refractivity (Wildman–Crippen MR) is 51.2 cm³/mol. The molecule has 1 rings (SSSR count). The van der Waals surface area contributed by atoms with Gasteiger partial charge in [-0.15, -0.1) is 0 Å². The van der Waals surface area contributed by atoms with Crippen LogP contribution in [0, 0.1) is 5.41 Å². The van der Waals surface area contributed by atoms with Crippen molar-refractivity contribution in [2.75, 3.05) is 0 Å². The SMILES string of the molecule is CC(C)(C)CC1OC(C)(C)NC1=O. The van der Waals surface area contributed by atoms with Gasteiger partial charge in [0.2, 0.25) is 0 Å². The standard InChI is InChI=1S/C10H19NO2/c1-9(2,3)6-7-8(12)11-10(4,5)13-7/h7H,6H2,1-5H3,(H,11,12). The summed E-state index contributed by atoms with van der Waals surface area (Å²) < 4.78 is 5.58. The molecule has 1 aliphatic rings. The van der Waals surface area contributed by atoms with E-state index in [-0.39, 0.29) is 17.4 Å². The van der Waals surface area contributed by atoms with Crippen molar-refractivity contribution in [3.63, 3.8) is 0 Å². The van der Waals surface area contributed by atoms with Crippen LogP contribution in [0.5, 0.6) is 0 Å². The Morgan fingerprint density at radius 3 is 2.31 bits per heavy atom. The lowest BCUT2D eigenvalue weighted by atomic mass is 9.89. The average Bonchev–Trinajstić information content (AvgIpc) is 2.00. The number of hydrogen-bond acceptors (Lipinski definition) is 2. The topological polar surface area (TPSA) is 38.3 Å². The van der Waals surface area contributed by atoms with Crippen LogP contribution in [0.1, 0.15) is 41.0 Å². The smallest absolute Gasteiger partial charge is 0.251 e. The second-order valence-corrected chi connectivity index (χ2v) is 5.37. The number of ether oxygens (including phenoxy) is 1. The Balaban J connectivity index is 2.59. The first kappa shape index (κ1) is 10.5. The second kappa shape index (κ2) is 2.98. The number of amides is 1. The van der Waals surface area contributed by atoms with Crippen molar-refractivity contribution in [3.05, 3.63) is 0 Å². The Bertz CT molecular complexity index is 215. The third-order valence-electron chi connectivity index (χ3n) is 1.95. The summed E-state index contributed by atoms with van der Waals surface area (Å²) in [6.45, 7) is 10.1. The van der Waals surface area contributed by atoms with E-state index in [9.17, 15) is 4.79 Å². The zero-order valence-electron chi connectivity index (χ0n) is 9.10. The fraction of sp³-hybridized carbons (Fsp3) is 0.900. The van der Waals surface area contributed by atoms with Gasteiger partial charge in [-0.05, 0) is 25.7 Å². The van der Waals surface area contributed by atoms with Crippen molar-refractivity contribution in [2.24, 2.45) is 5.41 Å². The Hall–Kier alpha value is -0.570. The fourth-order valence-electron chi connectivity index (χ4n) is 1.51. The maximum absolute atomic E-state index is 11.4. The number of hydrogen-bond donors (Lipinski definition) is 1. The summed E-state index contributed by atoms with van der Waals surface area (Å²) in [6, 6.07) is 0. The van der Waals surface area contributed by atoms with Gasteiger partial charge in [0.25, 0.3) is 5.91 Å². The van der Waals surface area contributed by atoms with Gasteiger partial charge in [-0.3, -0.25) is 4.79 Å². The molecule has 0 aliphatic carbocycles. The molecule has 0 aromatic carbocycles. The largest absolute Gasteiger partial charge is 0.343 e. The van der Waals surface area contributed by atoms with E-state index in [1.807, 2.05) is 13.8 Å². The minimum atomic E-state index is -0.493. The zero-order chi connectivity index (χ0) is 10.3.